The predicted molar refractivity (Wildman–Crippen MR) is 87.6 cm³/mol. The molecule has 1 aliphatic heterocycles. The van der Waals surface area contributed by atoms with Gasteiger partial charge in [0.05, 0.1) is 0 Å². The maximum atomic E-state index is 12.3. The monoisotopic (exact) mass is 306 g/mol. The van der Waals surface area contributed by atoms with E-state index in [4.69, 9.17) is 12.2 Å². The molecule has 1 amide bonds. The third kappa shape index (κ3) is 3.88. The summed E-state index contributed by atoms with van der Waals surface area (Å²) in [6.07, 6.45) is 10.2. The zero-order valence-electron chi connectivity index (χ0n) is 12.4. The van der Waals surface area contributed by atoms with Crippen LogP contribution < -0.4 is 16.0 Å². The third-order valence-electron chi connectivity index (χ3n) is 3.67. The van der Waals surface area contributed by atoms with Gasteiger partial charge in [-0.3, -0.25) is 4.79 Å². The lowest BCUT2D eigenvalue weighted by atomic mass is 10.1. The molecule has 0 saturated carbocycles. The van der Waals surface area contributed by atoms with Gasteiger partial charge in [0.15, 0.2) is 5.13 Å². The van der Waals surface area contributed by atoms with Gasteiger partial charge in [0, 0.05) is 25.6 Å². The first-order valence-corrected chi connectivity index (χ1v) is 8.23. The van der Waals surface area contributed by atoms with Gasteiger partial charge in [0.2, 0.25) is 0 Å². The number of carbonyl (C=O) groups excluding carboxylic acids is 1. The SMILES string of the molecule is C#CCC(CC)NC(=O)c1sc(N2CCCCC2)nc1N. The fourth-order valence-corrected chi connectivity index (χ4v) is 3.33. The van der Waals surface area contributed by atoms with Crippen molar-refractivity contribution in [1.29, 1.82) is 0 Å². The highest BCUT2D eigenvalue weighted by molar-refractivity contribution is 7.18. The number of nitrogens with zero attached hydrogens (tertiary/aromatic N) is 2. The number of nitrogens with two attached hydrogens (primary N) is 1. The summed E-state index contributed by atoms with van der Waals surface area (Å²) < 4.78 is 0. The van der Waals surface area contributed by atoms with Crippen LogP contribution in [0, 0.1) is 12.3 Å². The Morgan fingerprint density at radius 2 is 2.24 bits per heavy atom. The fraction of sp³-hybridized carbons (Fsp3) is 0.600. The smallest absolute Gasteiger partial charge is 0.265 e. The van der Waals surface area contributed by atoms with Gasteiger partial charge in [-0.15, -0.1) is 12.3 Å². The van der Waals surface area contributed by atoms with Gasteiger partial charge in [-0.25, -0.2) is 4.98 Å². The van der Waals surface area contributed by atoms with Gasteiger partial charge in [-0.05, 0) is 25.7 Å². The van der Waals surface area contributed by atoms with Gasteiger partial charge in [-0.2, -0.15) is 0 Å². The quantitative estimate of drug-likeness (QED) is 0.819. The van der Waals surface area contributed by atoms with Crippen LogP contribution in [0.15, 0.2) is 0 Å². The summed E-state index contributed by atoms with van der Waals surface area (Å²) in [4.78, 5) is 19.4. The van der Waals surface area contributed by atoms with Crippen molar-refractivity contribution in [1.82, 2.24) is 10.3 Å². The summed E-state index contributed by atoms with van der Waals surface area (Å²) in [5.41, 5.74) is 5.91. The molecule has 0 spiro atoms. The number of terminal acetylenes is 1. The van der Waals surface area contributed by atoms with Gasteiger partial charge >= 0.3 is 0 Å². The van der Waals surface area contributed by atoms with Crippen LogP contribution in [-0.4, -0.2) is 30.0 Å². The Balaban J connectivity index is 2.07. The molecule has 2 rings (SSSR count). The minimum Gasteiger partial charge on any atom is -0.382 e. The lowest BCUT2D eigenvalue weighted by Crippen LogP contribution is -2.34. The van der Waals surface area contributed by atoms with Gasteiger partial charge in [0.25, 0.3) is 5.91 Å². The second kappa shape index (κ2) is 7.32. The normalized spacial score (nSPS) is 16.3. The molecule has 1 aromatic rings. The molecule has 1 saturated heterocycles. The first kappa shape index (κ1) is 15.6. The molecule has 21 heavy (non-hydrogen) atoms. The van der Waals surface area contributed by atoms with E-state index in [1.54, 1.807) is 0 Å². The Bertz CT molecular complexity index is 528. The number of carbonyl (C=O) groups is 1. The Morgan fingerprint density at radius 3 is 2.86 bits per heavy atom. The molecule has 2 heterocycles. The van der Waals surface area contributed by atoms with E-state index in [2.05, 4.69) is 21.1 Å². The van der Waals surface area contributed by atoms with E-state index in [9.17, 15) is 4.79 Å². The molecule has 114 valence electrons. The van der Waals surface area contributed by atoms with Crippen LogP contribution in [0.3, 0.4) is 0 Å². The molecule has 0 aliphatic carbocycles. The van der Waals surface area contributed by atoms with Crippen molar-refractivity contribution in [3.63, 3.8) is 0 Å². The Hall–Kier alpha value is -1.74. The molecule has 1 aliphatic rings. The lowest BCUT2D eigenvalue weighted by molar-refractivity contribution is 0.0941. The van der Waals surface area contributed by atoms with Gasteiger partial charge in [-0.1, -0.05) is 18.3 Å². The summed E-state index contributed by atoms with van der Waals surface area (Å²) in [6.45, 7) is 3.98. The average molecular weight is 306 g/mol. The number of aromatic nitrogens is 1. The van der Waals surface area contributed by atoms with E-state index >= 15 is 0 Å². The number of amides is 1. The van der Waals surface area contributed by atoms with Crippen molar-refractivity contribution in [3.05, 3.63) is 4.88 Å². The number of nitrogens with one attached hydrogen (secondary N) is 1. The van der Waals surface area contributed by atoms with E-state index in [1.165, 1.54) is 30.6 Å². The molecule has 5 nitrogen and oxygen atoms in total. The van der Waals surface area contributed by atoms with Crippen LogP contribution in [0.1, 0.15) is 48.7 Å². The molecule has 6 heteroatoms. The highest BCUT2D eigenvalue weighted by Gasteiger charge is 2.22. The van der Waals surface area contributed by atoms with E-state index in [-0.39, 0.29) is 11.9 Å². The number of thiazole rings is 1. The van der Waals surface area contributed by atoms with Crippen LogP contribution in [0.2, 0.25) is 0 Å². The largest absolute Gasteiger partial charge is 0.382 e. The number of anilines is 2. The van der Waals surface area contributed by atoms with Crippen LogP contribution in [0.5, 0.6) is 0 Å². The Labute approximate surface area is 129 Å². The predicted octanol–water partition coefficient (Wildman–Crippen LogP) is 2.25. The summed E-state index contributed by atoms with van der Waals surface area (Å²) in [7, 11) is 0. The summed E-state index contributed by atoms with van der Waals surface area (Å²) >= 11 is 1.37. The standard InChI is InChI=1S/C15H22N4OS/c1-3-8-11(4-2)17-14(20)12-13(16)18-15(21-12)19-9-6-5-7-10-19/h1,11H,4-10,16H2,2H3,(H,17,20). The zero-order chi connectivity index (χ0) is 15.2. The van der Waals surface area contributed by atoms with Gasteiger partial charge in [0.1, 0.15) is 10.7 Å². The minimum atomic E-state index is -0.171. The topological polar surface area (TPSA) is 71.2 Å². The number of hydrogen-bond acceptors (Lipinski definition) is 5. The number of nitrogen functional groups attached to an aromatic ring is 1. The molecule has 0 radical (unpaired) electrons. The van der Waals surface area contributed by atoms with Crippen molar-refractivity contribution >= 4 is 28.2 Å². The molecule has 1 fully saturated rings. The van der Waals surface area contributed by atoms with Crippen LogP contribution in [-0.2, 0) is 0 Å². The number of hydrogen-bond donors (Lipinski definition) is 2. The van der Waals surface area contributed by atoms with Gasteiger partial charge < -0.3 is 16.0 Å². The van der Waals surface area contributed by atoms with Crippen molar-refractivity contribution in [2.45, 2.75) is 45.1 Å². The first-order valence-electron chi connectivity index (χ1n) is 7.41. The average Bonchev–Trinajstić information content (AvgIpc) is 2.89. The van der Waals surface area contributed by atoms with Crippen molar-refractivity contribution in [2.24, 2.45) is 0 Å². The molecule has 0 aromatic carbocycles. The summed E-state index contributed by atoms with van der Waals surface area (Å²) in [6, 6.07) is -0.0116. The second-order valence-corrected chi connectivity index (χ2v) is 6.22. The molecular formula is C15H22N4OS. The Morgan fingerprint density at radius 1 is 1.52 bits per heavy atom. The molecule has 0 bridgehead atoms. The van der Waals surface area contributed by atoms with E-state index in [0.717, 1.165) is 24.6 Å². The fourth-order valence-electron chi connectivity index (χ4n) is 2.39. The molecular weight excluding hydrogens is 284 g/mol. The van der Waals surface area contributed by atoms with Crippen LogP contribution in [0.4, 0.5) is 10.9 Å². The van der Waals surface area contributed by atoms with Crippen molar-refractivity contribution in [2.75, 3.05) is 23.7 Å². The maximum Gasteiger partial charge on any atom is 0.265 e. The summed E-state index contributed by atoms with van der Waals surface area (Å²) in [5.74, 6) is 2.72. The molecule has 3 N–H and O–H groups in total. The summed E-state index contributed by atoms with van der Waals surface area (Å²) in [5, 5.41) is 3.78. The van der Waals surface area contributed by atoms with E-state index < -0.39 is 0 Å². The minimum absolute atomic E-state index is 0.0116. The highest BCUT2D eigenvalue weighted by Crippen LogP contribution is 2.30. The third-order valence-corrected chi connectivity index (χ3v) is 4.80. The van der Waals surface area contributed by atoms with E-state index in [0.29, 0.717) is 17.1 Å². The Kier molecular flexibility index (Phi) is 5.45. The molecule has 1 unspecified atom stereocenters. The van der Waals surface area contributed by atoms with E-state index in [1.807, 2.05) is 6.92 Å². The zero-order valence-corrected chi connectivity index (χ0v) is 13.2. The molecule has 1 aromatic heterocycles. The van der Waals surface area contributed by atoms with Crippen molar-refractivity contribution < 1.29 is 4.79 Å². The van der Waals surface area contributed by atoms with Crippen LogP contribution >= 0.6 is 11.3 Å². The second-order valence-electron chi connectivity index (χ2n) is 5.25. The molecule has 1 atom stereocenters. The number of piperidine rings is 1. The first-order chi connectivity index (χ1) is 10.2. The number of rotatable bonds is 5. The maximum absolute atomic E-state index is 12.3. The lowest BCUT2D eigenvalue weighted by Gasteiger charge is -2.25. The van der Waals surface area contributed by atoms with Crippen LogP contribution in [0.25, 0.3) is 0 Å². The van der Waals surface area contributed by atoms with Crippen molar-refractivity contribution in [3.8, 4) is 12.3 Å². The highest BCUT2D eigenvalue weighted by atomic mass is 32.1.